The number of carbonyl (C=O) groups excluding carboxylic acids is 1. The van der Waals surface area contributed by atoms with Crippen LogP contribution in [0.4, 0.5) is 11.4 Å². The van der Waals surface area contributed by atoms with Crippen molar-refractivity contribution in [1.82, 2.24) is 0 Å². The number of hydrogen-bond donors (Lipinski definition) is 1. The van der Waals surface area contributed by atoms with Crippen LogP contribution >= 0.6 is 15.9 Å². The number of rotatable bonds is 2. The molecule has 0 aliphatic heterocycles. The fraction of sp³-hybridized carbons (Fsp3) is 0.0833. The Kier molecular flexibility index (Phi) is 3.29. The predicted molar refractivity (Wildman–Crippen MR) is 72.6 cm³/mol. The summed E-state index contributed by atoms with van der Waals surface area (Å²) in [6.07, 6.45) is 0. The highest BCUT2D eigenvalue weighted by Gasteiger charge is 2.19. The molecule has 0 fully saturated rings. The number of anilines is 1. The van der Waals surface area contributed by atoms with E-state index in [0.717, 1.165) is 9.86 Å². The highest BCUT2D eigenvalue weighted by Crippen LogP contribution is 2.36. The number of carbonyl (C=O) groups is 1. The van der Waals surface area contributed by atoms with Crippen LogP contribution in [0.25, 0.3) is 10.8 Å². The average molecular weight is 309 g/mol. The monoisotopic (exact) mass is 308 g/mol. The van der Waals surface area contributed by atoms with Crippen molar-refractivity contribution in [1.29, 1.82) is 0 Å². The van der Waals surface area contributed by atoms with Crippen molar-refractivity contribution >= 4 is 44.0 Å². The number of fused-ring (bicyclic) bond motifs is 1. The molecule has 0 atom stereocenters. The molecule has 5 nitrogen and oxygen atoms in total. The number of hydrogen-bond acceptors (Lipinski definition) is 3. The number of halogens is 1. The van der Waals surface area contributed by atoms with E-state index in [1.54, 1.807) is 18.2 Å². The zero-order valence-electron chi connectivity index (χ0n) is 9.44. The second-order valence-electron chi connectivity index (χ2n) is 3.73. The topological polar surface area (TPSA) is 72.2 Å². The molecule has 92 valence electrons. The Morgan fingerprint density at radius 1 is 1.28 bits per heavy atom. The Morgan fingerprint density at radius 3 is 2.61 bits per heavy atom. The molecule has 0 radical (unpaired) electrons. The third-order valence-corrected chi connectivity index (χ3v) is 3.16. The van der Waals surface area contributed by atoms with Crippen molar-refractivity contribution in [3.63, 3.8) is 0 Å². The molecule has 0 heterocycles. The van der Waals surface area contributed by atoms with Crippen LogP contribution in [-0.2, 0) is 4.79 Å². The molecule has 0 saturated carbocycles. The Hall–Kier alpha value is -1.95. The number of benzene rings is 2. The van der Waals surface area contributed by atoms with E-state index in [9.17, 15) is 14.9 Å². The van der Waals surface area contributed by atoms with Gasteiger partial charge in [-0.1, -0.05) is 28.1 Å². The van der Waals surface area contributed by atoms with Gasteiger partial charge in [0.05, 0.1) is 10.3 Å². The molecule has 0 aromatic heterocycles. The van der Waals surface area contributed by atoms with Crippen molar-refractivity contribution < 1.29 is 9.72 Å². The van der Waals surface area contributed by atoms with Gasteiger partial charge in [0.1, 0.15) is 5.69 Å². The Morgan fingerprint density at radius 2 is 2.00 bits per heavy atom. The maximum Gasteiger partial charge on any atom is 0.300 e. The first-order valence-electron chi connectivity index (χ1n) is 5.14. The summed E-state index contributed by atoms with van der Waals surface area (Å²) in [5.41, 5.74) is 0.113. The van der Waals surface area contributed by atoms with Gasteiger partial charge in [-0.15, -0.1) is 0 Å². The molecule has 0 unspecified atom stereocenters. The summed E-state index contributed by atoms with van der Waals surface area (Å²) in [5, 5.41) is 14.9. The van der Waals surface area contributed by atoms with E-state index in [4.69, 9.17) is 0 Å². The fourth-order valence-corrected chi connectivity index (χ4v) is 2.29. The standard InChI is InChI=1S/C12H9BrN2O3/c1-7(16)14-11-6-5-8-9(12(11)15(17)18)3-2-4-10(8)13/h2-6H,1H3,(H,14,16). The molecule has 6 heteroatoms. The maximum absolute atomic E-state index is 11.2. The van der Waals surface area contributed by atoms with E-state index in [1.165, 1.54) is 13.0 Å². The predicted octanol–water partition coefficient (Wildman–Crippen LogP) is 3.47. The quantitative estimate of drug-likeness (QED) is 0.682. The second-order valence-corrected chi connectivity index (χ2v) is 4.59. The van der Waals surface area contributed by atoms with Crippen LogP contribution in [0.15, 0.2) is 34.8 Å². The lowest BCUT2D eigenvalue weighted by Crippen LogP contribution is -2.08. The summed E-state index contributed by atoms with van der Waals surface area (Å²) in [7, 11) is 0. The summed E-state index contributed by atoms with van der Waals surface area (Å²) in [6.45, 7) is 1.31. The first-order chi connectivity index (χ1) is 8.50. The first-order valence-corrected chi connectivity index (χ1v) is 5.93. The van der Waals surface area contributed by atoms with Crippen LogP contribution in [0.1, 0.15) is 6.92 Å². The van der Waals surface area contributed by atoms with Gasteiger partial charge in [-0.2, -0.15) is 0 Å². The van der Waals surface area contributed by atoms with E-state index in [-0.39, 0.29) is 17.3 Å². The van der Waals surface area contributed by atoms with Gasteiger partial charge < -0.3 is 5.32 Å². The Balaban J connectivity index is 2.78. The van der Waals surface area contributed by atoms with Gasteiger partial charge in [0, 0.05) is 16.8 Å². The van der Waals surface area contributed by atoms with Crippen molar-refractivity contribution in [3.8, 4) is 0 Å². The molecule has 0 aliphatic rings. The molecule has 0 bridgehead atoms. The molecular weight excluding hydrogens is 300 g/mol. The van der Waals surface area contributed by atoms with Crippen LogP contribution in [0.5, 0.6) is 0 Å². The lowest BCUT2D eigenvalue weighted by Gasteiger charge is -2.07. The number of nitro benzene ring substituents is 1. The van der Waals surface area contributed by atoms with Gasteiger partial charge in [0.15, 0.2) is 0 Å². The smallest absolute Gasteiger partial charge is 0.300 e. The van der Waals surface area contributed by atoms with Crippen molar-refractivity contribution in [2.75, 3.05) is 5.32 Å². The van der Waals surface area contributed by atoms with Gasteiger partial charge in [0.2, 0.25) is 5.91 Å². The minimum Gasteiger partial charge on any atom is -0.321 e. The van der Waals surface area contributed by atoms with Gasteiger partial charge in [0.25, 0.3) is 0 Å². The third kappa shape index (κ3) is 2.19. The summed E-state index contributed by atoms with van der Waals surface area (Å²) in [4.78, 5) is 21.7. The summed E-state index contributed by atoms with van der Waals surface area (Å²) >= 11 is 3.35. The summed E-state index contributed by atoms with van der Waals surface area (Å²) in [5.74, 6) is -0.340. The number of nitrogens with zero attached hydrogens (tertiary/aromatic N) is 1. The molecular formula is C12H9BrN2O3. The molecule has 18 heavy (non-hydrogen) atoms. The van der Waals surface area contributed by atoms with Crippen molar-refractivity contribution in [3.05, 3.63) is 44.9 Å². The molecule has 2 aromatic rings. The van der Waals surface area contributed by atoms with E-state index in [1.807, 2.05) is 6.07 Å². The lowest BCUT2D eigenvalue weighted by atomic mass is 10.1. The fourth-order valence-electron chi connectivity index (χ4n) is 1.79. The number of nitro groups is 1. The first kappa shape index (κ1) is 12.5. The summed E-state index contributed by atoms with van der Waals surface area (Å²) in [6, 6.07) is 8.45. The highest BCUT2D eigenvalue weighted by atomic mass is 79.9. The van der Waals surface area contributed by atoms with E-state index in [0.29, 0.717) is 5.39 Å². The Bertz CT molecular complexity index is 655. The number of nitrogens with one attached hydrogen (secondary N) is 1. The third-order valence-electron chi connectivity index (χ3n) is 2.47. The SMILES string of the molecule is CC(=O)Nc1ccc2c(Br)cccc2c1[N+](=O)[O-]. The van der Waals surface area contributed by atoms with E-state index >= 15 is 0 Å². The minimum absolute atomic E-state index is 0.0935. The maximum atomic E-state index is 11.2. The van der Waals surface area contributed by atoms with Crippen LogP contribution in [-0.4, -0.2) is 10.8 Å². The van der Waals surface area contributed by atoms with Crippen molar-refractivity contribution in [2.45, 2.75) is 6.92 Å². The molecule has 2 rings (SSSR count). The molecule has 2 aromatic carbocycles. The molecule has 0 aliphatic carbocycles. The van der Waals surface area contributed by atoms with E-state index < -0.39 is 4.92 Å². The van der Waals surface area contributed by atoms with Crippen LogP contribution < -0.4 is 5.32 Å². The molecule has 0 spiro atoms. The van der Waals surface area contributed by atoms with Gasteiger partial charge in [-0.05, 0) is 18.2 Å². The van der Waals surface area contributed by atoms with Crippen molar-refractivity contribution in [2.24, 2.45) is 0 Å². The summed E-state index contributed by atoms with van der Waals surface area (Å²) < 4.78 is 0.775. The van der Waals surface area contributed by atoms with Gasteiger partial charge >= 0.3 is 5.69 Å². The molecule has 1 N–H and O–H groups in total. The van der Waals surface area contributed by atoms with Gasteiger partial charge in [-0.25, -0.2) is 0 Å². The van der Waals surface area contributed by atoms with Crippen LogP contribution in [0, 0.1) is 10.1 Å². The van der Waals surface area contributed by atoms with Gasteiger partial charge in [-0.3, -0.25) is 14.9 Å². The highest BCUT2D eigenvalue weighted by molar-refractivity contribution is 9.10. The molecule has 0 saturated heterocycles. The van der Waals surface area contributed by atoms with E-state index in [2.05, 4.69) is 21.2 Å². The Labute approximate surface area is 111 Å². The molecule has 1 amide bonds. The number of amides is 1. The average Bonchev–Trinajstić information content (AvgIpc) is 2.27. The minimum atomic E-state index is -0.486. The second kappa shape index (κ2) is 4.73. The normalized spacial score (nSPS) is 10.3. The largest absolute Gasteiger partial charge is 0.321 e. The zero-order chi connectivity index (χ0) is 13.3. The van der Waals surface area contributed by atoms with Crippen LogP contribution in [0.3, 0.4) is 0 Å². The lowest BCUT2D eigenvalue weighted by molar-refractivity contribution is -0.382. The van der Waals surface area contributed by atoms with Crippen LogP contribution in [0.2, 0.25) is 0 Å². The zero-order valence-corrected chi connectivity index (χ0v) is 11.0.